The molecule has 2 aliphatic rings. The quantitative estimate of drug-likeness (QED) is 0.899. The van der Waals surface area contributed by atoms with Crippen molar-refractivity contribution in [1.82, 2.24) is 5.32 Å². The Morgan fingerprint density at radius 2 is 2.16 bits per heavy atom. The van der Waals surface area contributed by atoms with Gasteiger partial charge in [-0.25, -0.2) is 0 Å². The van der Waals surface area contributed by atoms with Crippen molar-refractivity contribution in [3.8, 4) is 0 Å². The van der Waals surface area contributed by atoms with Crippen LogP contribution in [-0.4, -0.2) is 24.9 Å². The first-order valence-electron chi connectivity index (χ1n) is 6.92. The van der Waals surface area contributed by atoms with E-state index in [2.05, 4.69) is 23.5 Å². The van der Waals surface area contributed by atoms with Crippen LogP contribution in [0.4, 0.5) is 0 Å². The van der Waals surface area contributed by atoms with E-state index in [0.29, 0.717) is 5.92 Å². The van der Waals surface area contributed by atoms with Crippen LogP contribution >= 0.6 is 11.8 Å². The van der Waals surface area contributed by atoms with Gasteiger partial charge in [0.15, 0.2) is 0 Å². The van der Waals surface area contributed by atoms with Gasteiger partial charge in [-0.1, -0.05) is 18.2 Å². The number of thioether (sulfide) groups is 1. The lowest BCUT2D eigenvalue weighted by Gasteiger charge is -2.25. The Hall–Kier alpha value is -1.00. The van der Waals surface area contributed by atoms with Crippen LogP contribution in [0.1, 0.15) is 30.9 Å². The summed E-state index contributed by atoms with van der Waals surface area (Å²) >= 11 is 1.87. The monoisotopic (exact) mass is 277 g/mol. The Labute approximate surface area is 118 Å². The SMILES string of the molecule is O=C(COCC1CC1)N[C@@H]1CCSc2ccccc21. The molecule has 102 valence electrons. The molecule has 1 N–H and O–H groups in total. The molecule has 0 unspecified atom stereocenters. The molecular formula is C15H19NO2S. The van der Waals surface area contributed by atoms with Gasteiger partial charge in [-0.15, -0.1) is 11.8 Å². The lowest BCUT2D eigenvalue weighted by Crippen LogP contribution is -2.33. The molecule has 4 heteroatoms. The van der Waals surface area contributed by atoms with Crippen molar-refractivity contribution < 1.29 is 9.53 Å². The Balaban J connectivity index is 1.53. The molecule has 1 amide bonds. The molecule has 0 radical (unpaired) electrons. The fourth-order valence-corrected chi connectivity index (χ4v) is 3.46. The number of hydrogen-bond donors (Lipinski definition) is 1. The predicted molar refractivity (Wildman–Crippen MR) is 76.2 cm³/mol. The molecule has 0 aromatic heterocycles. The number of nitrogens with one attached hydrogen (secondary N) is 1. The lowest BCUT2D eigenvalue weighted by atomic mass is 10.0. The first-order chi connectivity index (χ1) is 9.33. The van der Waals surface area contributed by atoms with Crippen molar-refractivity contribution in [2.75, 3.05) is 19.0 Å². The number of ether oxygens (including phenoxy) is 1. The molecule has 1 aromatic carbocycles. The standard InChI is InChI=1S/C15H19NO2S/c17-15(10-18-9-11-5-6-11)16-13-7-8-19-14-4-2-1-3-12(13)14/h1-4,11,13H,5-10H2,(H,16,17)/t13-/m1/s1. The molecule has 1 aliphatic heterocycles. The third-order valence-corrected chi connectivity index (χ3v) is 4.70. The van der Waals surface area contributed by atoms with Crippen LogP contribution in [-0.2, 0) is 9.53 Å². The molecule has 0 saturated heterocycles. The highest BCUT2D eigenvalue weighted by Crippen LogP contribution is 2.35. The number of carbonyl (C=O) groups excluding carboxylic acids is 1. The number of carbonyl (C=O) groups is 1. The summed E-state index contributed by atoms with van der Waals surface area (Å²) in [5.41, 5.74) is 1.24. The third-order valence-electron chi connectivity index (χ3n) is 3.58. The molecule has 3 rings (SSSR count). The summed E-state index contributed by atoms with van der Waals surface area (Å²) in [4.78, 5) is 13.2. The van der Waals surface area contributed by atoms with Crippen molar-refractivity contribution in [2.24, 2.45) is 5.92 Å². The van der Waals surface area contributed by atoms with Crippen LogP contribution < -0.4 is 5.32 Å². The van der Waals surface area contributed by atoms with Gasteiger partial charge in [0.1, 0.15) is 6.61 Å². The molecule has 0 spiro atoms. The zero-order valence-corrected chi connectivity index (χ0v) is 11.7. The van der Waals surface area contributed by atoms with Gasteiger partial charge in [0.05, 0.1) is 12.6 Å². The second-order valence-corrected chi connectivity index (χ2v) is 6.39. The number of hydrogen-bond acceptors (Lipinski definition) is 3. The normalized spacial score (nSPS) is 21.8. The Bertz CT molecular complexity index is 459. The van der Waals surface area contributed by atoms with Crippen molar-refractivity contribution in [2.45, 2.75) is 30.2 Å². The van der Waals surface area contributed by atoms with Crippen molar-refractivity contribution in [3.63, 3.8) is 0 Å². The summed E-state index contributed by atoms with van der Waals surface area (Å²) in [6.07, 6.45) is 3.51. The maximum Gasteiger partial charge on any atom is 0.246 e. The topological polar surface area (TPSA) is 38.3 Å². The van der Waals surface area contributed by atoms with Crippen molar-refractivity contribution >= 4 is 17.7 Å². The number of rotatable bonds is 5. The van der Waals surface area contributed by atoms with Crippen molar-refractivity contribution in [3.05, 3.63) is 29.8 Å². The molecular weight excluding hydrogens is 258 g/mol. The summed E-state index contributed by atoms with van der Waals surface area (Å²) in [5.74, 6) is 1.78. The fraction of sp³-hybridized carbons (Fsp3) is 0.533. The number of amides is 1. The maximum atomic E-state index is 11.9. The summed E-state index contributed by atoms with van der Waals surface area (Å²) in [6, 6.07) is 8.47. The second-order valence-electron chi connectivity index (χ2n) is 5.25. The van der Waals surface area contributed by atoms with Crippen LogP contribution in [0.2, 0.25) is 0 Å². The molecule has 1 heterocycles. The first kappa shape index (κ1) is 13.0. The van der Waals surface area contributed by atoms with Crippen molar-refractivity contribution in [1.29, 1.82) is 0 Å². The average molecular weight is 277 g/mol. The first-order valence-corrected chi connectivity index (χ1v) is 7.90. The summed E-state index contributed by atoms with van der Waals surface area (Å²) in [7, 11) is 0. The van der Waals surface area contributed by atoms with Gasteiger partial charge < -0.3 is 10.1 Å². The smallest absolute Gasteiger partial charge is 0.246 e. The second kappa shape index (κ2) is 5.97. The minimum atomic E-state index is 0.00681. The van der Waals surface area contributed by atoms with Gasteiger partial charge in [0.2, 0.25) is 5.91 Å². The predicted octanol–water partition coefficient (Wildman–Crippen LogP) is 2.77. The van der Waals surface area contributed by atoms with E-state index < -0.39 is 0 Å². The average Bonchev–Trinajstić information content (AvgIpc) is 3.23. The van der Waals surface area contributed by atoms with E-state index in [1.807, 2.05) is 17.8 Å². The van der Waals surface area contributed by atoms with E-state index in [1.165, 1.54) is 23.3 Å². The summed E-state index contributed by atoms with van der Waals surface area (Å²) in [5, 5.41) is 3.09. The van der Waals surface area contributed by atoms with Gasteiger partial charge in [-0.3, -0.25) is 4.79 Å². The van der Waals surface area contributed by atoms with Gasteiger partial charge in [-0.05, 0) is 36.8 Å². The molecule has 1 aliphatic carbocycles. The largest absolute Gasteiger partial charge is 0.371 e. The Morgan fingerprint density at radius 1 is 1.32 bits per heavy atom. The van der Waals surface area contributed by atoms with Gasteiger partial charge in [0, 0.05) is 10.6 Å². The Kier molecular flexibility index (Phi) is 4.09. The van der Waals surface area contributed by atoms with Crippen LogP contribution in [0, 0.1) is 5.92 Å². The Morgan fingerprint density at radius 3 is 3.00 bits per heavy atom. The van der Waals surface area contributed by atoms with E-state index in [1.54, 1.807) is 0 Å². The van der Waals surface area contributed by atoms with Crippen LogP contribution in [0.25, 0.3) is 0 Å². The zero-order valence-electron chi connectivity index (χ0n) is 10.9. The summed E-state index contributed by atoms with van der Waals surface area (Å²) in [6.45, 7) is 0.937. The maximum absolute atomic E-state index is 11.9. The lowest BCUT2D eigenvalue weighted by molar-refractivity contribution is -0.126. The minimum absolute atomic E-state index is 0.00681. The fourth-order valence-electron chi connectivity index (χ4n) is 2.33. The molecule has 1 atom stereocenters. The molecule has 0 bridgehead atoms. The highest BCUT2D eigenvalue weighted by molar-refractivity contribution is 7.99. The highest BCUT2D eigenvalue weighted by Gasteiger charge is 2.23. The van der Waals surface area contributed by atoms with Crippen LogP contribution in [0.5, 0.6) is 0 Å². The van der Waals surface area contributed by atoms with Crippen LogP contribution in [0.3, 0.4) is 0 Å². The van der Waals surface area contributed by atoms with E-state index in [-0.39, 0.29) is 18.6 Å². The number of fused-ring (bicyclic) bond motifs is 1. The van der Waals surface area contributed by atoms with E-state index in [4.69, 9.17) is 4.74 Å². The van der Waals surface area contributed by atoms with Gasteiger partial charge >= 0.3 is 0 Å². The zero-order chi connectivity index (χ0) is 13.1. The minimum Gasteiger partial charge on any atom is -0.371 e. The number of benzene rings is 1. The van der Waals surface area contributed by atoms with Gasteiger partial charge in [-0.2, -0.15) is 0 Å². The summed E-state index contributed by atoms with van der Waals surface area (Å²) < 4.78 is 5.43. The van der Waals surface area contributed by atoms with E-state index >= 15 is 0 Å². The van der Waals surface area contributed by atoms with E-state index in [9.17, 15) is 4.79 Å². The third kappa shape index (κ3) is 3.51. The molecule has 1 aromatic rings. The molecule has 3 nitrogen and oxygen atoms in total. The van der Waals surface area contributed by atoms with Gasteiger partial charge in [0.25, 0.3) is 0 Å². The highest BCUT2D eigenvalue weighted by atomic mass is 32.2. The molecule has 1 saturated carbocycles. The van der Waals surface area contributed by atoms with E-state index in [0.717, 1.165) is 18.8 Å². The molecule has 1 fully saturated rings. The van der Waals surface area contributed by atoms with Crippen LogP contribution in [0.15, 0.2) is 29.2 Å². The molecule has 19 heavy (non-hydrogen) atoms.